The number of aromatic nitrogens is 2. The summed E-state index contributed by atoms with van der Waals surface area (Å²) in [7, 11) is 0. The number of nitriles is 1. The van der Waals surface area contributed by atoms with Crippen LogP contribution in [0.25, 0.3) is 0 Å². The van der Waals surface area contributed by atoms with Gasteiger partial charge in [0.1, 0.15) is 0 Å². The van der Waals surface area contributed by atoms with Crippen LogP contribution in [-0.2, 0) is 17.8 Å². The van der Waals surface area contributed by atoms with Crippen LogP contribution in [0.15, 0.2) is 67.1 Å². The topological polar surface area (TPSA) is 74.0 Å². The van der Waals surface area contributed by atoms with Crippen molar-refractivity contribution in [2.24, 2.45) is 5.92 Å². The van der Waals surface area contributed by atoms with Crippen LogP contribution >= 0.6 is 12.4 Å². The summed E-state index contributed by atoms with van der Waals surface area (Å²) < 4.78 is 2.09. The molecule has 1 saturated heterocycles. The first-order chi connectivity index (χ1) is 15.2. The maximum Gasteiger partial charge on any atom is 0.224 e. The molecule has 0 bridgehead atoms. The van der Waals surface area contributed by atoms with Crippen LogP contribution in [0.3, 0.4) is 0 Å². The van der Waals surface area contributed by atoms with E-state index < -0.39 is 0 Å². The maximum absolute atomic E-state index is 12.8. The fraction of sp³-hybridized carbons (Fsp3) is 0.320. The van der Waals surface area contributed by atoms with Crippen LogP contribution in [0.5, 0.6) is 0 Å². The summed E-state index contributed by atoms with van der Waals surface area (Å²) in [4.78, 5) is 19.3. The van der Waals surface area contributed by atoms with Gasteiger partial charge in [0.05, 0.1) is 23.9 Å². The molecule has 32 heavy (non-hydrogen) atoms. The number of nitrogens with zero attached hydrogens (tertiary/aromatic N) is 4. The zero-order valence-corrected chi connectivity index (χ0v) is 18.8. The highest BCUT2D eigenvalue weighted by Gasteiger charge is 2.25. The smallest absolute Gasteiger partial charge is 0.224 e. The summed E-state index contributed by atoms with van der Waals surface area (Å²) in [6.45, 7) is 3.07. The van der Waals surface area contributed by atoms with E-state index in [1.807, 2.05) is 55.0 Å². The van der Waals surface area contributed by atoms with Crippen molar-refractivity contribution in [2.75, 3.05) is 24.5 Å². The second-order valence-electron chi connectivity index (χ2n) is 7.98. The van der Waals surface area contributed by atoms with Gasteiger partial charge in [-0.25, -0.2) is 4.98 Å². The van der Waals surface area contributed by atoms with Gasteiger partial charge < -0.3 is 14.8 Å². The largest absolute Gasteiger partial charge is 0.371 e. The van der Waals surface area contributed by atoms with Crippen molar-refractivity contribution in [2.45, 2.75) is 25.8 Å². The van der Waals surface area contributed by atoms with E-state index in [1.165, 1.54) is 5.69 Å². The quantitative estimate of drug-likeness (QED) is 0.595. The molecule has 1 unspecified atom stereocenters. The number of imidazole rings is 1. The lowest BCUT2D eigenvalue weighted by Gasteiger charge is -2.33. The van der Waals surface area contributed by atoms with E-state index in [-0.39, 0.29) is 24.2 Å². The lowest BCUT2D eigenvalue weighted by molar-refractivity contribution is -0.125. The third-order valence-corrected chi connectivity index (χ3v) is 5.83. The average molecular weight is 450 g/mol. The zero-order chi connectivity index (χ0) is 21.5. The number of benzene rings is 2. The van der Waals surface area contributed by atoms with E-state index in [2.05, 4.69) is 38.0 Å². The molecule has 1 atom stereocenters. The lowest BCUT2D eigenvalue weighted by atomic mass is 9.96. The van der Waals surface area contributed by atoms with E-state index in [9.17, 15) is 4.79 Å². The highest BCUT2D eigenvalue weighted by molar-refractivity contribution is 5.85. The van der Waals surface area contributed by atoms with Gasteiger partial charge >= 0.3 is 0 Å². The summed E-state index contributed by atoms with van der Waals surface area (Å²) in [6, 6.07) is 20.0. The number of amides is 1. The van der Waals surface area contributed by atoms with E-state index in [1.54, 1.807) is 0 Å². The highest BCUT2D eigenvalue weighted by Crippen LogP contribution is 2.23. The molecule has 0 aliphatic carbocycles. The van der Waals surface area contributed by atoms with Gasteiger partial charge in [-0.3, -0.25) is 4.79 Å². The normalized spacial score (nSPS) is 15.5. The van der Waals surface area contributed by atoms with E-state index >= 15 is 0 Å². The molecule has 1 aliphatic heterocycles. The number of rotatable bonds is 7. The molecule has 2 aromatic carbocycles. The zero-order valence-electron chi connectivity index (χ0n) is 18.0. The Bertz CT molecular complexity index is 1040. The van der Waals surface area contributed by atoms with Crippen LogP contribution in [0.2, 0.25) is 0 Å². The maximum atomic E-state index is 12.8. The predicted octanol–water partition coefficient (Wildman–Crippen LogP) is 3.80. The molecule has 1 amide bonds. The second kappa shape index (κ2) is 11.4. The van der Waals surface area contributed by atoms with E-state index in [0.717, 1.165) is 43.6 Å². The number of hydrogen-bond acceptors (Lipinski definition) is 4. The Hall–Kier alpha value is -3.30. The fourth-order valence-corrected chi connectivity index (χ4v) is 4.10. The number of nitrogens with one attached hydrogen (secondary N) is 1. The number of piperidine rings is 1. The van der Waals surface area contributed by atoms with Crippen LogP contribution in [0.4, 0.5) is 5.69 Å². The number of anilines is 1. The third-order valence-electron chi connectivity index (χ3n) is 5.83. The Kier molecular flexibility index (Phi) is 8.29. The second-order valence-corrected chi connectivity index (χ2v) is 7.98. The molecule has 166 valence electrons. The summed E-state index contributed by atoms with van der Waals surface area (Å²) in [5.74, 6) is 0.163. The summed E-state index contributed by atoms with van der Waals surface area (Å²) in [6.07, 6.45) is 6.37. The fourth-order valence-electron chi connectivity index (χ4n) is 4.10. The van der Waals surface area contributed by atoms with E-state index in [0.29, 0.717) is 18.7 Å². The van der Waals surface area contributed by atoms with Gasteiger partial charge in [-0.2, -0.15) is 5.26 Å². The van der Waals surface area contributed by atoms with Gasteiger partial charge in [0.15, 0.2) is 0 Å². The lowest BCUT2D eigenvalue weighted by Crippen LogP contribution is -2.43. The molecule has 0 radical (unpaired) electrons. The molecule has 1 aliphatic rings. The number of carbonyl (C=O) groups is 1. The predicted molar refractivity (Wildman–Crippen MR) is 128 cm³/mol. The summed E-state index contributed by atoms with van der Waals surface area (Å²) in [5, 5.41) is 12.1. The summed E-state index contributed by atoms with van der Waals surface area (Å²) >= 11 is 0. The van der Waals surface area contributed by atoms with Gasteiger partial charge in [0.2, 0.25) is 5.91 Å². The van der Waals surface area contributed by atoms with Gasteiger partial charge in [-0.15, -0.1) is 12.4 Å². The van der Waals surface area contributed by atoms with Gasteiger partial charge in [0.25, 0.3) is 0 Å². The molecular formula is C25H28ClN5O. The summed E-state index contributed by atoms with van der Waals surface area (Å²) in [5.41, 5.74) is 4.04. The first kappa shape index (κ1) is 23.4. The molecule has 3 aromatic rings. The number of para-hydroxylation sites is 1. The van der Waals surface area contributed by atoms with Crippen LogP contribution in [0.1, 0.15) is 29.7 Å². The number of halogens is 1. The molecule has 2 heterocycles. The third kappa shape index (κ3) is 5.89. The van der Waals surface area contributed by atoms with Gasteiger partial charge in [0, 0.05) is 50.2 Å². The molecule has 1 aromatic heterocycles. The average Bonchev–Trinajstić information content (AvgIpc) is 3.27. The number of hydrogen-bond donors (Lipinski definition) is 1. The minimum Gasteiger partial charge on any atom is -0.371 e. The highest BCUT2D eigenvalue weighted by atomic mass is 35.5. The number of carbonyl (C=O) groups excluding carboxylic acids is 1. The molecule has 6 nitrogen and oxygen atoms in total. The van der Waals surface area contributed by atoms with Crippen LogP contribution in [-0.4, -0.2) is 35.1 Å². The molecule has 1 fully saturated rings. The van der Waals surface area contributed by atoms with Crippen molar-refractivity contribution in [3.05, 3.63) is 83.9 Å². The van der Waals surface area contributed by atoms with Gasteiger partial charge in [-0.05, 0) is 42.7 Å². The molecule has 1 N–H and O–H groups in total. The Morgan fingerprint density at radius 3 is 2.69 bits per heavy atom. The Balaban J connectivity index is 0.00000289. The molecule has 0 spiro atoms. The van der Waals surface area contributed by atoms with Crippen LogP contribution < -0.4 is 10.2 Å². The standard InChI is InChI=1S/C25H27N5O.ClH/c26-15-20-8-10-21(11-9-20)17-30-19-27-16-24(30)12-13-28-25(31)22-5-4-14-29(18-22)23-6-2-1-3-7-23;/h1-3,6-11,16,19,22H,4-5,12-14,17-18H2,(H,28,31);1H. The van der Waals surface area contributed by atoms with Crippen molar-refractivity contribution in [3.63, 3.8) is 0 Å². The van der Waals surface area contributed by atoms with E-state index in [4.69, 9.17) is 5.26 Å². The van der Waals surface area contributed by atoms with Crippen molar-refractivity contribution in [1.29, 1.82) is 5.26 Å². The minimum absolute atomic E-state index is 0. The minimum atomic E-state index is 0. The first-order valence-electron chi connectivity index (χ1n) is 10.8. The molecular weight excluding hydrogens is 422 g/mol. The Morgan fingerprint density at radius 2 is 1.94 bits per heavy atom. The van der Waals surface area contributed by atoms with Crippen molar-refractivity contribution in [3.8, 4) is 6.07 Å². The van der Waals surface area contributed by atoms with Crippen molar-refractivity contribution >= 4 is 24.0 Å². The van der Waals surface area contributed by atoms with Gasteiger partial charge in [-0.1, -0.05) is 30.3 Å². The van der Waals surface area contributed by atoms with Crippen molar-refractivity contribution < 1.29 is 4.79 Å². The molecule has 7 heteroatoms. The van der Waals surface area contributed by atoms with Crippen LogP contribution in [0, 0.1) is 17.2 Å². The Morgan fingerprint density at radius 1 is 1.16 bits per heavy atom. The Labute approximate surface area is 195 Å². The first-order valence-corrected chi connectivity index (χ1v) is 10.8. The molecule has 0 saturated carbocycles. The monoisotopic (exact) mass is 449 g/mol. The molecule has 4 rings (SSSR count). The SMILES string of the molecule is Cl.N#Cc1ccc(Cn2cncc2CCNC(=O)C2CCCN(c3ccccc3)C2)cc1. The van der Waals surface area contributed by atoms with Crippen molar-refractivity contribution in [1.82, 2.24) is 14.9 Å².